The molecule has 5 rings (SSSR count). The van der Waals surface area contributed by atoms with Gasteiger partial charge < -0.3 is 29.7 Å². The third-order valence-corrected chi connectivity index (χ3v) is 7.72. The first-order valence-electron chi connectivity index (χ1n) is 11.6. The summed E-state index contributed by atoms with van der Waals surface area (Å²) in [6.07, 6.45) is 1.31. The maximum atomic E-state index is 12.5. The van der Waals surface area contributed by atoms with Gasteiger partial charge >= 0.3 is 11.9 Å². The molecule has 11 nitrogen and oxygen atoms in total. The Kier molecular flexibility index (Phi) is 6.71. The van der Waals surface area contributed by atoms with Gasteiger partial charge in [-0.1, -0.05) is 13.8 Å². The van der Waals surface area contributed by atoms with E-state index in [0.717, 1.165) is 19.3 Å². The van der Waals surface area contributed by atoms with E-state index in [1.54, 1.807) is 0 Å². The van der Waals surface area contributed by atoms with E-state index in [4.69, 9.17) is 34.2 Å². The molecule has 0 aromatic heterocycles. The van der Waals surface area contributed by atoms with Crippen molar-refractivity contribution in [2.24, 2.45) is 23.7 Å². The van der Waals surface area contributed by atoms with Gasteiger partial charge in [0.25, 0.3) is 0 Å². The molecule has 5 aliphatic rings. The molecule has 4 saturated heterocycles. The molecular weight excluding hydrogens is 438 g/mol. The molecule has 4 heterocycles. The van der Waals surface area contributed by atoms with E-state index in [1.165, 1.54) is 0 Å². The maximum Gasteiger partial charge on any atom is 0.328 e. The molecule has 0 aromatic rings. The maximum absolute atomic E-state index is 12.5. The lowest BCUT2D eigenvalue weighted by Crippen LogP contribution is -2.70. The second-order valence-corrected chi connectivity index (χ2v) is 9.90. The highest BCUT2D eigenvalue weighted by Gasteiger charge is 2.69. The lowest BCUT2D eigenvalue weighted by Gasteiger charge is -2.59. The van der Waals surface area contributed by atoms with Crippen LogP contribution in [-0.4, -0.2) is 64.7 Å². The van der Waals surface area contributed by atoms with Crippen LogP contribution in [0.25, 0.3) is 0 Å². The summed E-state index contributed by atoms with van der Waals surface area (Å²) in [5.74, 6) is -3.17. The average molecular weight is 472 g/mol. The van der Waals surface area contributed by atoms with Crippen LogP contribution < -0.4 is 5.32 Å². The van der Waals surface area contributed by atoms with Gasteiger partial charge in [-0.05, 0) is 38.0 Å². The summed E-state index contributed by atoms with van der Waals surface area (Å²) in [5.41, 5.74) is -0.758. The standard InChI is InChI=1S/C22H33NO10/c1-11-4-5-14-12(2)19(29-17(26)7-6-16(25)23-15(10-24)18(27)28)30-20-22(14)13(11)8-9-21(3,31-20)32-33-22/h11-15,19-20,24H,4-10H2,1-3H3,(H,23,25)(H,27,28)/t11-,12-,13+,14+,15+,19-,20-,21-,22+/m1/s1. The van der Waals surface area contributed by atoms with Gasteiger partial charge in [0.05, 0.1) is 13.0 Å². The van der Waals surface area contributed by atoms with Crippen LogP contribution >= 0.6 is 0 Å². The van der Waals surface area contributed by atoms with Crippen LogP contribution in [0.2, 0.25) is 0 Å². The molecule has 9 atom stereocenters. The van der Waals surface area contributed by atoms with Gasteiger partial charge in [-0.3, -0.25) is 9.59 Å². The molecule has 0 aromatic carbocycles. The largest absolute Gasteiger partial charge is 0.480 e. The number of carbonyl (C=O) groups is 3. The third kappa shape index (κ3) is 4.37. The summed E-state index contributed by atoms with van der Waals surface area (Å²) in [4.78, 5) is 47.1. The monoisotopic (exact) mass is 471 g/mol. The van der Waals surface area contributed by atoms with Crippen LogP contribution in [0.1, 0.15) is 59.3 Å². The van der Waals surface area contributed by atoms with Gasteiger partial charge in [0.2, 0.25) is 18.0 Å². The summed E-state index contributed by atoms with van der Waals surface area (Å²) in [6.45, 7) is 5.24. The minimum atomic E-state index is -1.42. The van der Waals surface area contributed by atoms with Crippen molar-refractivity contribution in [3.8, 4) is 0 Å². The smallest absolute Gasteiger partial charge is 0.328 e. The molecule has 0 radical (unpaired) electrons. The predicted octanol–water partition coefficient (Wildman–Crippen LogP) is 1.08. The Morgan fingerprint density at radius 3 is 2.58 bits per heavy atom. The number of esters is 1. The van der Waals surface area contributed by atoms with Crippen molar-refractivity contribution in [1.82, 2.24) is 5.32 Å². The number of carboxylic acid groups (broad SMARTS) is 1. The van der Waals surface area contributed by atoms with Crippen LogP contribution in [0, 0.1) is 23.7 Å². The predicted molar refractivity (Wildman–Crippen MR) is 109 cm³/mol. The number of ether oxygens (including phenoxy) is 3. The zero-order valence-electron chi connectivity index (χ0n) is 19.2. The SMILES string of the molecule is C[C@H]1[C@H](OC(=O)CCC(=O)N[C@@H](CO)C(=O)O)O[C@@H]2O[C@@]3(C)CC[C@H]4[C@H](C)CC[C@@H]1[C@]24OO3. The third-order valence-electron chi connectivity index (χ3n) is 7.72. The molecule has 2 bridgehead atoms. The first kappa shape index (κ1) is 24.3. The summed E-state index contributed by atoms with van der Waals surface area (Å²) in [5, 5.41) is 20.0. The van der Waals surface area contributed by atoms with E-state index < -0.39 is 54.5 Å². The Morgan fingerprint density at radius 2 is 1.88 bits per heavy atom. The highest BCUT2D eigenvalue weighted by Crippen LogP contribution is 2.60. The minimum Gasteiger partial charge on any atom is -0.480 e. The van der Waals surface area contributed by atoms with Crippen molar-refractivity contribution >= 4 is 17.8 Å². The topological polar surface area (TPSA) is 150 Å². The van der Waals surface area contributed by atoms with E-state index >= 15 is 0 Å². The van der Waals surface area contributed by atoms with E-state index in [1.807, 2.05) is 13.8 Å². The number of fused-ring (bicyclic) bond motifs is 2. The van der Waals surface area contributed by atoms with E-state index in [9.17, 15) is 14.4 Å². The zero-order chi connectivity index (χ0) is 24.0. The minimum absolute atomic E-state index is 0.00192. The Balaban J connectivity index is 1.41. The Morgan fingerprint density at radius 1 is 1.12 bits per heavy atom. The number of nitrogens with one attached hydrogen (secondary N) is 1. The molecule has 1 aliphatic carbocycles. The number of rotatable bonds is 7. The van der Waals surface area contributed by atoms with Gasteiger partial charge in [0.1, 0.15) is 6.04 Å². The molecule has 186 valence electrons. The lowest BCUT2D eigenvalue weighted by molar-refractivity contribution is -0.576. The number of aliphatic carboxylic acids is 1. The molecule has 0 unspecified atom stereocenters. The van der Waals surface area contributed by atoms with Crippen molar-refractivity contribution in [2.75, 3.05) is 6.61 Å². The number of aliphatic hydroxyl groups is 1. The molecular formula is C22H33NO10. The fourth-order valence-electron chi connectivity index (χ4n) is 5.86. The van der Waals surface area contributed by atoms with E-state index in [-0.39, 0.29) is 30.6 Å². The van der Waals surface area contributed by atoms with E-state index in [0.29, 0.717) is 12.3 Å². The first-order valence-corrected chi connectivity index (χ1v) is 11.6. The fraction of sp³-hybridized carbons (Fsp3) is 0.864. The van der Waals surface area contributed by atoms with Crippen molar-refractivity contribution < 1.29 is 48.6 Å². The number of carbonyl (C=O) groups excluding carboxylic acids is 2. The zero-order valence-corrected chi connectivity index (χ0v) is 19.2. The number of hydrogen-bond acceptors (Lipinski definition) is 9. The normalized spacial score (nSPS) is 42.5. The number of hydrogen-bond donors (Lipinski definition) is 3. The van der Waals surface area contributed by atoms with Crippen LogP contribution in [-0.2, 0) is 38.4 Å². The lowest BCUT2D eigenvalue weighted by atomic mass is 9.58. The van der Waals surface area contributed by atoms with Crippen LogP contribution in [0.5, 0.6) is 0 Å². The fourth-order valence-corrected chi connectivity index (χ4v) is 5.86. The van der Waals surface area contributed by atoms with Crippen LogP contribution in [0.4, 0.5) is 0 Å². The molecule has 1 spiro atoms. The van der Waals surface area contributed by atoms with Gasteiger partial charge in [-0.2, -0.15) is 0 Å². The first-order chi connectivity index (χ1) is 15.6. The Hall–Kier alpha value is -1.79. The summed E-state index contributed by atoms with van der Waals surface area (Å²) in [7, 11) is 0. The van der Waals surface area contributed by atoms with Crippen molar-refractivity contribution in [3.05, 3.63) is 0 Å². The molecule has 11 heteroatoms. The molecule has 1 amide bonds. The van der Waals surface area contributed by atoms with Gasteiger partial charge in [-0.15, -0.1) is 0 Å². The van der Waals surface area contributed by atoms with Crippen LogP contribution in [0.3, 0.4) is 0 Å². The van der Waals surface area contributed by atoms with Crippen molar-refractivity contribution in [3.63, 3.8) is 0 Å². The number of carboxylic acids is 1. The van der Waals surface area contributed by atoms with Gasteiger partial charge in [0.15, 0.2) is 11.9 Å². The second-order valence-electron chi connectivity index (χ2n) is 9.90. The Bertz CT molecular complexity index is 791. The molecule has 33 heavy (non-hydrogen) atoms. The van der Waals surface area contributed by atoms with Crippen molar-refractivity contribution in [1.29, 1.82) is 0 Å². The summed E-state index contributed by atoms with van der Waals surface area (Å²) in [6, 6.07) is -1.42. The Labute approximate surface area is 191 Å². The molecule has 5 fully saturated rings. The number of amides is 1. The van der Waals surface area contributed by atoms with E-state index in [2.05, 4.69) is 12.2 Å². The number of aliphatic hydroxyl groups excluding tert-OH is 1. The van der Waals surface area contributed by atoms with Crippen molar-refractivity contribution in [2.45, 2.75) is 89.3 Å². The highest BCUT2D eigenvalue weighted by molar-refractivity contribution is 5.85. The highest BCUT2D eigenvalue weighted by atomic mass is 17.3. The summed E-state index contributed by atoms with van der Waals surface area (Å²) < 4.78 is 18.0. The molecule has 3 N–H and O–H groups in total. The van der Waals surface area contributed by atoms with Crippen LogP contribution in [0.15, 0.2) is 0 Å². The molecule has 4 aliphatic heterocycles. The van der Waals surface area contributed by atoms with Gasteiger partial charge in [0, 0.05) is 24.7 Å². The molecule has 1 saturated carbocycles. The summed E-state index contributed by atoms with van der Waals surface area (Å²) >= 11 is 0. The average Bonchev–Trinajstić information content (AvgIpc) is 3.00. The second kappa shape index (κ2) is 9.10. The van der Waals surface area contributed by atoms with Gasteiger partial charge in [-0.25, -0.2) is 14.6 Å². The quantitative estimate of drug-likeness (QED) is 0.363.